The van der Waals surface area contributed by atoms with Crippen LogP contribution in [0.3, 0.4) is 0 Å². The Kier molecular flexibility index (Phi) is 8.78. The molecule has 130 valence electrons. The van der Waals surface area contributed by atoms with E-state index in [0.29, 0.717) is 6.61 Å². The number of nitrogens with zero attached hydrogens (tertiary/aromatic N) is 1. The Labute approximate surface area is 144 Å². The largest absolute Gasteiger partial charge is 1.00 e. The van der Waals surface area contributed by atoms with Crippen molar-refractivity contribution in [2.75, 3.05) is 0 Å². The first-order chi connectivity index (χ1) is 11.6. The van der Waals surface area contributed by atoms with Gasteiger partial charge in [0.2, 0.25) is 12.4 Å². The van der Waals surface area contributed by atoms with Crippen LogP contribution in [0, 0.1) is 0 Å². The van der Waals surface area contributed by atoms with Crippen molar-refractivity contribution in [1.82, 2.24) is 0 Å². The molecule has 0 radical (unpaired) electrons. The molecule has 7 heteroatoms. The number of hydrogen-bond donors (Lipinski definition) is 0. The molecule has 1 aromatic heterocycles. The Hall–Kier alpha value is -2.83. The lowest BCUT2D eigenvalue weighted by Crippen LogP contribution is -3.00. The van der Waals surface area contributed by atoms with Gasteiger partial charge in [-0.25, -0.2) is 0 Å². The van der Waals surface area contributed by atoms with E-state index in [4.69, 9.17) is 4.84 Å². The van der Waals surface area contributed by atoms with Gasteiger partial charge in [-0.1, -0.05) is 60.7 Å². The van der Waals surface area contributed by atoms with Crippen LogP contribution in [0.2, 0.25) is 0 Å². The van der Waals surface area contributed by atoms with Crippen molar-refractivity contribution in [3.63, 3.8) is 0 Å². The maximum atomic E-state index is 9.67. The minimum Gasteiger partial charge on any atom is -1.00 e. The van der Waals surface area contributed by atoms with E-state index in [1.54, 1.807) is 4.73 Å². The molecule has 0 spiro atoms. The van der Waals surface area contributed by atoms with Crippen molar-refractivity contribution in [2.24, 2.45) is 0 Å². The number of pyridine rings is 1. The van der Waals surface area contributed by atoms with Gasteiger partial charge in [-0.05, 0) is 16.7 Å². The Bertz CT molecular complexity index is 709. The minimum absolute atomic E-state index is 0. The topological polar surface area (TPSA) is 13.1 Å². The molecule has 0 bridgehead atoms. The first kappa shape index (κ1) is 20.2. The molecule has 0 aliphatic heterocycles. The molecule has 25 heavy (non-hydrogen) atoms. The zero-order valence-corrected chi connectivity index (χ0v) is 13.2. The fourth-order valence-electron chi connectivity index (χ4n) is 2.05. The van der Waals surface area contributed by atoms with Crippen LogP contribution in [0.25, 0.3) is 11.1 Å². The second-order valence-electron chi connectivity index (χ2n) is 4.82. The standard InChI is InChI=1S/C18H16NO.BF3.FH/c1-3-7-16(8-4-1)15-20-19-13-11-18(12-14-19)17-9-5-2-6-10-17;2-1(3)4;/h1-14H,15H2;;1H/q+1;;/p-1. The molecule has 2 aromatic carbocycles. The lowest BCUT2D eigenvalue weighted by atomic mass is 10.1. The zero-order chi connectivity index (χ0) is 17.2. The zero-order valence-electron chi connectivity index (χ0n) is 13.2. The van der Waals surface area contributed by atoms with Crippen LogP contribution in [0.1, 0.15) is 5.56 Å². The molecular weight excluding hydrogens is 333 g/mol. The van der Waals surface area contributed by atoms with Gasteiger partial charge >= 0.3 is 7.54 Å². The van der Waals surface area contributed by atoms with Gasteiger partial charge in [0, 0.05) is 16.9 Å². The van der Waals surface area contributed by atoms with Gasteiger partial charge in [-0.2, -0.15) is 0 Å². The first-order valence-electron chi connectivity index (χ1n) is 7.31. The number of benzene rings is 2. The number of halogens is 4. The van der Waals surface area contributed by atoms with Gasteiger partial charge in [-0.3, -0.25) is 17.8 Å². The monoisotopic (exact) mass is 349 g/mol. The summed E-state index contributed by atoms with van der Waals surface area (Å²) in [6.45, 7) is 0.566. The average Bonchev–Trinajstić information content (AvgIpc) is 2.62. The van der Waals surface area contributed by atoms with Crippen LogP contribution in [-0.2, 0) is 6.61 Å². The summed E-state index contributed by atoms with van der Waals surface area (Å²) in [5.74, 6) is 0. The SMILES string of the molecule is FB(F)F.[F-].c1ccc(CO[n+]2ccc(-c3ccccc3)cc2)cc1. The van der Waals surface area contributed by atoms with Crippen LogP contribution in [0.4, 0.5) is 12.9 Å². The summed E-state index contributed by atoms with van der Waals surface area (Å²) in [5.41, 5.74) is 3.56. The van der Waals surface area contributed by atoms with Gasteiger partial charge in [0.15, 0.2) is 6.61 Å². The third-order valence-corrected chi connectivity index (χ3v) is 3.13. The van der Waals surface area contributed by atoms with E-state index >= 15 is 0 Å². The number of rotatable bonds is 4. The Morgan fingerprint density at radius 2 is 1.16 bits per heavy atom. The van der Waals surface area contributed by atoms with E-state index in [1.807, 2.05) is 48.8 Å². The van der Waals surface area contributed by atoms with Crippen molar-refractivity contribution < 1.29 is 27.2 Å². The van der Waals surface area contributed by atoms with Crippen LogP contribution in [0.15, 0.2) is 85.2 Å². The van der Waals surface area contributed by atoms with E-state index in [1.165, 1.54) is 11.1 Å². The summed E-state index contributed by atoms with van der Waals surface area (Å²) >= 11 is 0. The van der Waals surface area contributed by atoms with E-state index in [2.05, 4.69) is 36.4 Å². The highest BCUT2D eigenvalue weighted by atomic mass is 19.4. The van der Waals surface area contributed by atoms with Crippen LogP contribution in [0.5, 0.6) is 0 Å². The lowest BCUT2D eigenvalue weighted by Gasteiger charge is -2.01. The summed E-state index contributed by atoms with van der Waals surface area (Å²) in [7, 11) is -3.67. The summed E-state index contributed by atoms with van der Waals surface area (Å²) in [6.07, 6.45) is 3.87. The minimum atomic E-state index is -3.67. The fraction of sp³-hybridized carbons (Fsp3) is 0.0556. The predicted octanol–water partition coefficient (Wildman–Crippen LogP) is 1.15. The molecule has 0 fully saturated rings. The van der Waals surface area contributed by atoms with E-state index in [9.17, 15) is 12.9 Å². The lowest BCUT2D eigenvalue weighted by molar-refractivity contribution is -0.895. The smallest absolute Gasteiger partial charge is 0.762 e. The van der Waals surface area contributed by atoms with Gasteiger partial charge < -0.3 is 4.70 Å². The second-order valence-corrected chi connectivity index (χ2v) is 4.82. The molecule has 0 aliphatic rings. The van der Waals surface area contributed by atoms with Gasteiger partial charge in [-0.15, -0.1) is 0 Å². The fourth-order valence-corrected chi connectivity index (χ4v) is 2.05. The van der Waals surface area contributed by atoms with Crippen LogP contribution >= 0.6 is 0 Å². The molecule has 2 nitrogen and oxygen atoms in total. The Morgan fingerprint density at radius 3 is 1.68 bits per heavy atom. The first-order valence-corrected chi connectivity index (χ1v) is 7.31. The van der Waals surface area contributed by atoms with Crippen LogP contribution < -0.4 is 14.3 Å². The molecular formula is C18H16BF4NO. The summed E-state index contributed by atoms with van der Waals surface area (Å²) < 4.78 is 30.7. The molecule has 1 heterocycles. The van der Waals surface area contributed by atoms with E-state index < -0.39 is 7.54 Å². The summed E-state index contributed by atoms with van der Waals surface area (Å²) in [5, 5.41) is 0. The normalized spacial score (nSPS) is 9.24. The quantitative estimate of drug-likeness (QED) is 0.391. The third-order valence-electron chi connectivity index (χ3n) is 3.13. The predicted molar refractivity (Wildman–Crippen MR) is 87.9 cm³/mol. The van der Waals surface area contributed by atoms with Crippen molar-refractivity contribution in [2.45, 2.75) is 6.61 Å². The summed E-state index contributed by atoms with van der Waals surface area (Å²) in [4.78, 5) is 5.70. The Balaban J connectivity index is 0.000000568. The third kappa shape index (κ3) is 7.52. The maximum absolute atomic E-state index is 9.67. The highest BCUT2D eigenvalue weighted by molar-refractivity contribution is 6.33. The van der Waals surface area contributed by atoms with Gasteiger partial charge in [0.05, 0.1) is 0 Å². The average molecular weight is 349 g/mol. The molecule has 0 saturated carbocycles. The van der Waals surface area contributed by atoms with Gasteiger partial charge in [0.25, 0.3) is 0 Å². The second kappa shape index (κ2) is 10.9. The molecule has 0 saturated heterocycles. The molecule has 0 amide bonds. The number of aromatic nitrogens is 1. The van der Waals surface area contributed by atoms with E-state index in [-0.39, 0.29) is 4.70 Å². The maximum Gasteiger partial charge on any atom is 0.762 e. The van der Waals surface area contributed by atoms with E-state index in [0.717, 1.165) is 5.56 Å². The van der Waals surface area contributed by atoms with Crippen LogP contribution in [-0.4, -0.2) is 7.54 Å². The van der Waals surface area contributed by atoms with Crippen molar-refractivity contribution in [1.29, 1.82) is 0 Å². The molecule has 0 atom stereocenters. The van der Waals surface area contributed by atoms with Crippen molar-refractivity contribution >= 4 is 7.54 Å². The van der Waals surface area contributed by atoms with Crippen molar-refractivity contribution in [3.8, 4) is 11.1 Å². The molecule has 3 rings (SSSR count). The molecule has 0 N–H and O–H groups in total. The highest BCUT2D eigenvalue weighted by Gasteiger charge is 2.06. The summed E-state index contributed by atoms with van der Waals surface area (Å²) in [6, 6.07) is 24.6. The highest BCUT2D eigenvalue weighted by Crippen LogP contribution is 2.16. The molecule has 0 unspecified atom stereocenters. The molecule has 3 aromatic rings. The molecule has 0 aliphatic carbocycles. The number of hydrogen-bond acceptors (Lipinski definition) is 1. The van der Waals surface area contributed by atoms with Crippen molar-refractivity contribution in [3.05, 3.63) is 90.8 Å². The van der Waals surface area contributed by atoms with Gasteiger partial charge in [0.1, 0.15) is 0 Å². The Morgan fingerprint density at radius 1 is 0.720 bits per heavy atom.